The number of rotatable bonds is 4. The monoisotopic (exact) mass is 222 g/mol. The Morgan fingerprint density at radius 1 is 1.62 bits per heavy atom. The summed E-state index contributed by atoms with van der Waals surface area (Å²) in [6, 6.07) is 0.689. The SMILES string of the molecule is CCN(Cc1cncn1C)C1CCCNC1. The lowest BCUT2D eigenvalue weighted by atomic mass is 10.1. The molecule has 0 aliphatic carbocycles. The van der Waals surface area contributed by atoms with E-state index in [1.54, 1.807) is 0 Å². The van der Waals surface area contributed by atoms with Crippen LogP contribution in [0.3, 0.4) is 0 Å². The molecule has 2 heterocycles. The van der Waals surface area contributed by atoms with Gasteiger partial charge < -0.3 is 9.88 Å². The zero-order valence-corrected chi connectivity index (χ0v) is 10.3. The maximum absolute atomic E-state index is 4.17. The first-order valence-corrected chi connectivity index (χ1v) is 6.21. The van der Waals surface area contributed by atoms with Crippen LogP contribution in [0, 0.1) is 0 Å². The predicted molar refractivity (Wildman–Crippen MR) is 65.2 cm³/mol. The van der Waals surface area contributed by atoms with E-state index in [0.717, 1.165) is 19.6 Å². The van der Waals surface area contributed by atoms with Crippen LogP contribution in [0.2, 0.25) is 0 Å². The summed E-state index contributed by atoms with van der Waals surface area (Å²) in [5.74, 6) is 0. The zero-order valence-electron chi connectivity index (χ0n) is 10.3. The Kier molecular flexibility index (Phi) is 3.96. The van der Waals surface area contributed by atoms with Crippen molar-refractivity contribution in [2.24, 2.45) is 7.05 Å². The van der Waals surface area contributed by atoms with Crippen molar-refractivity contribution in [2.75, 3.05) is 19.6 Å². The number of nitrogens with zero attached hydrogens (tertiary/aromatic N) is 3. The van der Waals surface area contributed by atoms with Crippen molar-refractivity contribution >= 4 is 0 Å². The van der Waals surface area contributed by atoms with Crippen LogP contribution in [-0.4, -0.2) is 40.1 Å². The normalized spacial score (nSPS) is 21.6. The Labute approximate surface area is 97.7 Å². The first kappa shape index (κ1) is 11.6. The minimum atomic E-state index is 0.689. The van der Waals surface area contributed by atoms with E-state index in [4.69, 9.17) is 0 Å². The highest BCUT2D eigenvalue weighted by molar-refractivity contribution is 4.98. The van der Waals surface area contributed by atoms with E-state index in [2.05, 4.69) is 33.7 Å². The lowest BCUT2D eigenvalue weighted by Crippen LogP contribution is -2.45. The largest absolute Gasteiger partial charge is 0.337 e. The van der Waals surface area contributed by atoms with Crippen LogP contribution in [-0.2, 0) is 13.6 Å². The summed E-state index contributed by atoms with van der Waals surface area (Å²) < 4.78 is 2.11. The van der Waals surface area contributed by atoms with Crippen LogP contribution in [0.15, 0.2) is 12.5 Å². The molecule has 1 atom stereocenters. The molecule has 16 heavy (non-hydrogen) atoms. The minimum Gasteiger partial charge on any atom is -0.337 e. The van der Waals surface area contributed by atoms with Crippen molar-refractivity contribution in [1.82, 2.24) is 19.8 Å². The standard InChI is InChI=1S/C12H22N4/c1-3-16(11-5-4-6-13-7-11)9-12-8-14-10-15(12)2/h8,10-11,13H,3-7,9H2,1-2H3. The molecule has 0 bridgehead atoms. The Hall–Kier alpha value is -0.870. The number of likely N-dealkylation sites (N-methyl/N-ethyl adjacent to an activating group) is 1. The number of hydrogen-bond donors (Lipinski definition) is 1. The van der Waals surface area contributed by atoms with Gasteiger partial charge in [0.2, 0.25) is 0 Å². The van der Waals surface area contributed by atoms with Gasteiger partial charge in [0, 0.05) is 32.4 Å². The molecule has 4 heteroatoms. The average Bonchev–Trinajstić information content (AvgIpc) is 2.73. The molecule has 2 rings (SSSR count). The third-order valence-corrected chi connectivity index (χ3v) is 3.47. The van der Waals surface area contributed by atoms with Gasteiger partial charge in [-0.15, -0.1) is 0 Å². The molecule has 0 spiro atoms. The molecule has 1 aliphatic rings. The molecule has 90 valence electrons. The van der Waals surface area contributed by atoms with Gasteiger partial charge in [-0.3, -0.25) is 4.90 Å². The molecule has 1 aromatic rings. The first-order chi connectivity index (χ1) is 7.81. The number of hydrogen-bond acceptors (Lipinski definition) is 3. The first-order valence-electron chi connectivity index (χ1n) is 6.21. The van der Waals surface area contributed by atoms with Gasteiger partial charge in [0.15, 0.2) is 0 Å². The Morgan fingerprint density at radius 2 is 2.50 bits per heavy atom. The van der Waals surface area contributed by atoms with Gasteiger partial charge in [-0.2, -0.15) is 0 Å². The molecular weight excluding hydrogens is 200 g/mol. The quantitative estimate of drug-likeness (QED) is 0.825. The summed E-state index contributed by atoms with van der Waals surface area (Å²) in [5.41, 5.74) is 1.30. The van der Waals surface area contributed by atoms with Crippen molar-refractivity contribution in [3.05, 3.63) is 18.2 Å². The zero-order chi connectivity index (χ0) is 11.4. The summed E-state index contributed by atoms with van der Waals surface area (Å²) in [7, 11) is 2.06. The van der Waals surface area contributed by atoms with Crippen molar-refractivity contribution in [3.63, 3.8) is 0 Å². The van der Waals surface area contributed by atoms with E-state index >= 15 is 0 Å². The molecule has 0 radical (unpaired) electrons. The fourth-order valence-corrected chi connectivity index (χ4v) is 2.39. The van der Waals surface area contributed by atoms with E-state index in [-0.39, 0.29) is 0 Å². The molecule has 1 aliphatic heterocycles. The second-order valence-electron chi connectivity index (χ2n) is 4.56. The summed E-state index contributed by atoms with van der Waals surface area (Å²) in [5, 5.41) is 3.48. The Balaban J connectivity index is 1.97. The number of piperidine rings is 1. The Bertz CT molecular complexity index is 315. The predicted octanol–water partition coefficient (Wildman–Crippen LogP) is 0.994. The fourth-order valence-electron chi connectivity index (χ4n) is 2.39. The molecule has 1 N–H and O–H groups in total. The number of nitrogens with one attached hydrogen (secondary N) is 1. The van der Waals surface area contributed by atoms with Gasteiger partial charge in [-0.1, -0.05) is 6.92 Å². The molecular formula is C12H22N4. The topological polar surface area (TPSA) is 33.1 Å². The maximum Gasteiger partial charge on any atom is 0.0945 e. The molecule has 1 unspecified atom stereocenters. The van der Waals surface area contributed by atoms with Gasteiger partial charge >= 0.3 is 0 Å². The molecule has 1 saturated heterocycles. The highest BCUT2D eigenvalue weighted by Gasteiger charge is 2.20. The van der Waals surface area contributed by atoms with Crippen LogP contribution in [0.25, 0.3) is 0 Å². The van der Waals surface area contributed by atoms with E-state index in [9.17, 15) is 0 Å². The second-order valence-corrected chi connectivity index (χ2v) is 4.56. The summed E-state index contributed by atoms with van der Waals surface area (Å²) in [4.78, 5) is 6.72. The summed E-state index contributed by atoms with van der Waals surface area (Å²) in [6.07, 6.45) is 6.46. The van der Waals surface area contributed by atoms with Crippen LogP contribution in [0.4, 0.5) is 0 Å². The highest BCUT2D eigenvalue weighted by atomic mass is 15.2. The van der Waals surface area contributed by atoms with E-state index in [0.29, 0.717) is 6.04 Å². The molecule has 1 aromatic heterocycles. The lowest BCUT2D eigenvalue weighted by Gasteiger charge is -2.33. The van der Waals surface area contributed by atoms with Gasteiger partial charge in [0.05, 0.1) is 12.0 Å². The van der Waals surface area contributed by atoms with E-state index in [1.807, 2.05) is 12.5 Å². The highest BCUT2D eigenvalue weighted by Crippen LogP contribution is 2.13. The van der Waals surface area contributed by atoms with Crippen molar-refractivity contribution in [2.45, 2.75) is 32.4 Å². The van der Waals surface area contributed by atoms with Crippen LogP contribution >= 0.6 is 0 Å². The number of imidazole rings is 1. The molecule has 0 aromatic carbocycles. The minimum absolute atomic E-state index is 0.689. The number of aryl methyl sites for hydroxylation is 1. The fraction of sp³-hybridized carbons (Fsp3) is 0.750. The van der Waals surface area contributed by atoms with Gasteiger partial charge in [0.1, 0.15) is 0 Å². The van der Waals surface area contributed by atoms with Crippen molar-refractivity contribution in [3.8, 4) is 0 Å². The molecule has 0 amide bonds. The lowest BCUT2D eigenvalue weighted by molar-refractivity contribution is 0.163. The van der Waals surface area contributed by atoms with Gasteiger partial charge in [-0.25, -0.2) is 4.98 Å². The average molecular weight is 222 g/mol. The van der Waals surface area contributed by atoms with Gasteiger partial charge in [-0.05, 0) is 25.9 Å². The third kappa shape index (κ3) is 2.62. The maximum atomic E-state index is 4.17. The third-order valence-electron chi connectivity index (χ3n) is 3.47. The van der Waals surface area contributed by atoms with E-state index < -0.39 is 0 Å². The summed E-state index contributed by atoms with van der Waals surface area (Å²) in [6.45, 7) is 6.67. The van der Waals surface area contributed by atoms with Crippen LogP contribution in [0.1, 0.15) is 25.5 Å². The Morgan fingerprint density at radius 3 is 3.06 bits per heavy atom. The smallest absolute Gasteiger partial charge is 0.0945 e. The molecule has 4 nitrogen and oxygen atoms in total. The van der Waals surface area contributed by atoms with E-state index in [1.165, 1.54) is 25.1 Å². The summed E-state index contributed by atoms with van der Waals surface area (Å²) >= 11 is 0. The van der Waals surface area contributed by atoms with Crippen molar-refractivity contribution in [1.29, 1.82) is 0 Å². The molecule has 1 fully saturated rings. The second kappa shape index (κ2) is 5.46. The van der Waals surface area contributed by atoms with Crippen molar-refractivity contribution < 1.29 is 0 Å². The van der Waals surface area contributed by atoms with Crippen LogP contribution < -0.4 is 5.32 Å². The van der Waals surface area contributed by atoms with Gasteiger partial charge in [0.25, 0.3) is 0 Å². The molecule has 0 saturated carbocycles. The van der Waals surface area contributed by atoms with Crippen LogP contribution in [0.5, 0.6) is 0 Å². The number of aromatic nitrogens is 2.